The molecule has 90 valence electrons. The lowest BCUT2D eigenvalue weighted by atomic mass is 9.81. The molecule has 0 atom stereocenters. The Bertz CT molecular complexity index is 121. The first kappa shape index (κ1) is 13.4. The van der Waals surface area contributed by atoms with Crippen LogP contribution in [0.3, 0.4) is 0 Å². The van der Waals surface area contributed by atoms with Crippen LogP contribution in [0.4, 0.5) is 0 Å². The van der Waals surface area contributed by atoms with E-state index < -0.39 is 0 Å². The number of hydrogen-bond donors (Lipinski definition) is 0. The fourth-order valence-corrected chi connectivity index (χ4v) is 3.56. The second-order valence-electron chi connectivity index (χ2n) is 5.50. The Kier molecular flexibility index (Phi) is 6.72. The van der Waals surface area contributed by atoms with E-state index in [0.717, 1.165) is 11.8 Å². The highest BCUT2D eigenvalue weighted by Gasteiger charge is 2.23. The minimum Gasteiger partial charge on any atom is -0.147 e. The van der Waals surface area contributed by atoms with Gasteiger partial charge in [0.15, 0.2) is 0 Å². The molecule has 15 heavy (non-hydrogen) atoms. The fraction of sp³-hybridized carbons (Fsp3) is 1.00. The van der Waals surface area contributed by atoms with Crippen LogP contribution in [0.5, 0.6) is 0 Å². The summed E-state index contributed by atoms with van der Waals surface area (Å²) in [6.07, 6.45) is 18.4. The Balaban J connectivity index is 0.00000112. The Morgan fingerprint density at radius 2 is 0.667 bits per heavy atom. The summed E-state index contributed by atoms with van der Waals surface area (Å²) in [5.74, 6) is 2.24. The first-order valence-electron chi connectivity index (χ1n) is 6.97. The first-order valence-corrected chi connectivity index (χ1v) is 6.97. The molecular weight excluding hydrogens is 204 g/mol. The van der Waals surface area contributed by atoms with E-state index in [9.17, 15) is 0 Å². The third-order valence-electron chi connectivity index (χ3n) is 4.47. The summed E-state index contributed by atoms with van der Waals surface area (Å²) in [5.41, 5.74) is 0. The summed E-state index contributed by atoms with van der Waals surface area (Å²) in [6.45, 7) is 0. The molecule has 0 saturated heterocycles. The Hall–Kier alpha value is 0.290. The molecule has 0 nitrogen and oxygen atoms in total. The predicted octanol–water partition coefficient (Wildman–Crippen LogP) is 5.35. The van der Waals surface area contributed by atoms with Gasteiger partial charge in [-0.25, -0.2) is 0 Å². The molecule has 0 bridgehead atoms. The van der Waals surface area contributed by atoms with Crippen LogP contribution in [0.1, 0.15) is 77.0 Å². The molecule has 2 aliphatic rings. The van der Waals surface area contributed by atoms with Crippen molar-refractivity contribution in [3.05, 3.63) is 0 Å². The molecule has 1 heteroatoms. The van der Waals surface area contributed by atoms with Gasteiger partial charge in [-0.15, -0.1) is 12.4 Å². The zero-order valence-corrected chi connectivity index (χ0v) is 10.9. The summed E-state index contributed by atoms with van der Waals surface area (Å²) >= 11 is 0. The molecule has 0 N–H and O–H groups in total. The van der Waals surface area contributed by atoms with Crippen LogP contribution < -0.4 is 0 Å². The minimum atomic E-state index is 0. The lowest BCUT2D eigenvalue weighted by Gasteiger charge is -2.24. The summed E-state index contributed by atoms with van der Waals surface area (Å²) in [7, 11) is 0. The Morgan fingerprint density at radius 1 is 0.400 bits per heavy atom. The van der Waals surface area contributed by atoms with Crippen LogP contribution >= 0.6 is 12.4 Å². The number of halogens is 1. The van der Waals surface area contributed by atoms with Gasteiger partial charge in [0, 0.05) is 0 Å². The van der Waals surface area contributed by atoms with Gasteiger partial charge < -0.3 is 0 Å². The van der Waals surface area contributed by atoms with E-state index in [1.54, 1.807) is 25.7 Å². The van der Waals surface area contributed by atoms with Gasteiger partial charge in [-0.2, -0.15) is 0 Å². The van der Waals surface area contributed by atoms with Crippen molar-refractivity contribution in [1.82, 2.24) is 0 Å². The van der Waals surface area contributed by atoms with Crippen LogP contribution in [0.2, 0.25) is 0 Å². The highest BCUT2D eigenvalue weighted by molar-refractivity contribution is 5.85. The van der Waals surface area contributed by atoms with Crippen LogP contribution in [-0.2, 0) is 0 Å². The van der Waals surface area contributed by atoms with Crippen LogP contribution in [0.15, 0.2) is 0 Å². The number of rotatable bonds is 1. The van der Waals surface area contributed by atoms with E-state index in [0.29, 0.717) is 0 Å². The molecule has 0 radical (unpaired) electrons. The van der Waals surface area contributed by atoms with Gasteiger partial charge in [0.1, 0.15) is 0 Å². The Morgan fingerprint density at radius 3 is 0.933 bits per heavy atom. The number of hydrogen-bond acceptors (Lipinski definition) is 0. The van der Waals surface area contributed by atoms with Gasteiger partial charge in [-0.1, -0.05) is 77.0 Å². The van der Waals surface area contributed by atoms with Crippen molar-refractivity contribution < 1.29 is 0 Å². The van der Waals surface area contributed by atoms with Crippen LogP contribution in [0, 0.1) is 11.8 Å². The van der Waals surface area contributed by atoms with E-state index in [4.69, 9.17) is 0 Å². The van der Waals surface area contributed by atoms with Gasteiger partial charge in [0.05, 0.1) is 0 Å². The largest absolute Gasteiger partial charge is 0.147 e. The zero-order chi connectivity index (χ0) is 9.64. The van der Waals surface area contributed by atoms with Crippen molar-refractivity contribution in [2.24, 2.45) is 11.8 Å². The molecule has 0 aliphatic heterocycles. The normalized spacial score (nSPS) is 26.4. The lowest BCUT2D eigenvalue weighted by Crippen LogP contribution is -2.13. The highest BCUT2D eigenvalue weighted by atomic mass is 35.5. The summed E-state index contributed by atoms with van der Waals surface area (Å²) in [6, 6.07) is 0. The molecule has 2 aliphatic carbocycles. The molecule has 2 rings (SSSR count). The molecule has 0 spiro atoms. The maximum absolute atomic E-state index is 1.56. The van der Waals surface area contributed by atoms with E-state index in [1.807, 2.05) is 0 Å². The molecule has 0 heterocycles. The predicted molar refractivity (Wildman–Crippen MR) is 69.6 cm³/mol. The average molecular weight is 231 g/mol. The Labute approximate surface area is 102 Å². The van der Waals surface area contributed by atoms with E-state index in [1.165, 1.54) is 51.4 Å². The smallest absolute Gasteiger partial charge is 0.0386 e. The summed E-state index contributed by atoms with van der Waals surface area (Å²) in [5, 5.41) is 0. The van der Waals surface area contributed by atoms with Crippen molar-refractivity contribution in [3.63, 3.8) is 0 Å². The van der Waals surface area contributed by atoms with E-state index >= 15 is 0 Å². The zero-order valence-electron chi connectivity index (χ0n) is 10.0. The quantitative estimate of drug-likeness (QED) is 0.533. The van der Waals surface area contributed by atoms with E-state index in [2.05, 4.69) is 0 Å². The van der Waals surface area contributed by atoms with Crippen LogP contribution in [0.25, 0.3) is 0 Å². The second-order valence-corrected chi connectivity index (χ2v) is 5.50. The molecule has 0 aromatic carbocycles. The first-order chi connectivity index (χ1) is 6.97. The highest BCUT2D eigenvalue weighted by Crippen LogP contribution is 2.36. The van der Waals surface area contributed by atoms with Crippen molar-refractivity contribution in [2.75, 3.05) is 0 Å². The van der Waals surface area contributed by atoms with Gasteiger partial charge in [0.25, 0.3) is 0 Å². The van der Waals surface area contributed by atoms with Gasteiger partial charge in [-0.3, -0.25) is 0 Å². The SMILES string of the molecule is C1CCCC(C2CCCCCC2)CC1.Cl. The lowest BCUT2D eigenvalue weighted by molar-refractivity contribution is 0.269. The molecule has 2 fully saturated rings. The topological polar surface area (TPSA) is 0 Å². The monoisotopic (exact) mass is 230 g/mol. The van der Waals surface area contributed by atoms with Crippen molar-refractivity contribution in [2.45, 2.75) is 77.0 Å². The van der Waals surface area contributed by atoms with Crippen molar-refractivity contribution in [1.29, 1.82) is 0 Å². The minimum absolute atomic E-state index is 0. The van der Waals surface area contributed by atoms with Gasteiger partial charge in [-0.05, 0) is 11.8 Å². The summed E-state index contributed by atoms with van der Waals surface area (Å²) in [4.78, 5) is 0. The maximum atomic E-state index is 1.56. The van der Waals surface area contributed by atoms with Gasteiger partial charge in [0.2, 0.25) is 0 Å². The molecule has 0 aromatic heterocycles. The maximum Gasteiger partial charge on any atom is -0.0386 e. The van der Waals surface area contributed by atoms with Gasteiger partial charge >= 0.3 is 0 Å². The van der Waals surface area contributed by atoms with Crippen LogP contribution in [-0.4, -0.2) is 0 Å². The third kappa shape index (κ3) is 4.34. The van der Waals surface area contributed by atoms with Crippen molar-refractivity contribution >= 4 is 12.4 Å². The average Bonchev–Trinajstić information content (AvgIpc) is 2.62. The molecule has 0 unspecified atom stereocenters. The molecule has 0 amide bonds. The molecule has 0 aromatic rings. The fourth-order valence-electron chi connectivity index (χ4n) is 3.56. The van der Waals surface area contributed by atoms with E-state index in [-0.39, 0.29) is 12.4 Å². The second kappa shape index (κ2) is 7.54. The summed E-state index contributed by atoms with van der Waals surface area (Å²) < 4.78 is 0. The molecule has 2 saturated carbocycles. The molecular formula is C14H27Cl. The van der Waals surface area contributed by atoms with Crippen molar-refractivity contribution in [3.8, 4) is 0 Å². The third-order valence-corrected chi connectivity index (χ3v) is 4.47. The standard InChI is InChI=1S/C14H26.ClH/c1-2-6-10-13(9-5-1)14-11-7-3-4-8-12-14;/h13-14H,1-12H2;1H.